The number of phenols is 1. The molecule has 0 unspecified atom stereocenters. The molecule has 7 heteroatoms. The maximum Gasteiger partial charge on any atom is 0.319 e. The lowest BCUT2D eigenvalue weighted by Crippen LogP contribution is -2.28. The lowest BCUT2D eigenvalue weighted by molar-refractivity contribution is -0.385. The largest absolute Gasteiger partial charge is 0.502 e. The molecule has 0 saturated heterocycles. The van der Waals surface area contributed by atoms with Crippen LogP contribution in [-0.4, -0.2) is 16.1 Å². The smallest absolute Gasteiger partial charge is 0.319 e. The van der Waals surface area contributed by atoms with Gasteiger partial charge < -0.3 is 15.7 Å². The highest BCUT2D eigenvalue weighted by atomic mass is 16.6. The van der Waals surface area contributed by atoms with E-state index in [-0.39, 0.29) is 5.69 Å². The van der Waals surface area contributed by atoms with Crippen LogP contribution >= 0.6 is 0 Å². The molecule has 0 aliphatic carbocycles. The summed E-state index contributed by atoms with van der Waals surface area (Å²) < 4.78 is 0. The average Bonchev–Trinajstić information content (AvgIpc) is 2.48. The van der Waals surface area contributed by atoms with Crippen molar-refractivity contribution in [3.63, 3.8) is 0 Å². The molecule has 0 fully saturated rings. The number of nitrogens with zero attached hydrogens (tertiary/aromatic N) is 1. The molecule has 0 bridgehead atoms. The van der Waals surface area contributed by atoms with Gasteiger partial charge in [-0.2, -0.15) is 0 Å². The number of hydrogen-bond donors (Lipinski definition) is 3. The predicted molar refractivity (Wildman–Crippen MR) is 77.1 cm³/mol. The standard InChI is InChI=1S/C14H13N3O4/c18-13-7-6-11(8-12(13)17(20)21)16-14(19)15-9-10-4-2-1-3-5-10/h1-8,18H,9H2,(H2,15,16,19). The Morgan fingerprint density at radius 3 is 2.57 bits per heavy atom. The summed E-state index contributed by atoms with van der Waals surface area (Å²) in [5.74, 6) is -0.449. The van der Waals surface area contributed by atoms with E-state index in [1.165, 1.54) is 6.07 Å². The van der Waals surface area contributed by atoms with Crippen LogP contribution in [0.1, 0.15) is 5.56 Å². The van der Waals surface area contributed by atoms with Crippen molar-refractivity contribution in [1.82, 2.24) is 5.32 Å². The number of hydrogen-bond acceptors (Lipinski definition) is 4. The minimum atomic E-state index is -0.720. The molecule has 0 atom stereocenters. The summed E-state index contributed by atoms with van der Waals surface area (Å²) in [4.78, 5) is 21.7. The lowest BCUT2D eigenvalue weighted by atomic mass is 10.2. The van der Waals surface area contributed by atoms with Gasteiger partial charge in [-0.05, 0) is 17.7 Å². The number of benzene rings is 2. The summed E-state index contributed by atoms with van der Waals surface area (Å²) in [7, 11) is 0. The third-order valence-electron chi connectivity index (χ3n) is 2.73. The Morgan fingerprint density at radius 1 is 1.19 bits per heavy atom. The zero-order valence-corrected chi connectivity index (χ0v) is 10.9. The summed E-state index contributed by atoms with van der Waals surface area (Å²) in [6.07, 6.45) is 0. The van der Waals surface area contributed by atoms with Crippen molar-refractivity contribution >= 4 is 17.4 Å². The molecule has 108 valence electrons. The second-order valence-corrected chi connectivity index (χ2v) is 4.25. The molecule has 2 aromatic rings. The highest BCUT2D eigenvalue weighted by Crippen LogP contribution is 2.28. The second kappa shape index (κ2) is 6.38. The van der Waals surface area contributed by atoms with E-state index >= 15 is 0 Å². The summed E-state index contributed by atoms with van der Waals surface area (Å²) >= 11 is 0. The van der Waals surface area contributed by atoms with Gasteiger partial charge in [0.05, 0.1) is 4.92 Å². The quantitative estimate of drug-likeness (QED) is 0.456. The highest BCUT2D eigenvalue weighted by Gasteiger charge is 2.14. The number of nitro benzene ring substituents is 1. The van der Waals surface area contributed by atoms with Crippen LogP contribution in [0.3, 0.4) is 0 Å². The van der Waals surface area contributed by atoms with Crippen LogP contribution in [0, 0.1) is 10.1 Å². The predicted octanol–water partition coefficient (Wildman–Crippen LogP) is 2.62. The van der Waals surface area contributed by atoms with Crippen LogP contribution in [0.25, 0.3) is 0 Å². The Hall–Kier alpha value is -3.09. The molecule has 7 nitrogen and oxygen atoms in total. The minimum Gasteiger partial charge on any atom is -0.502 e. The van der Waals surface area contributed by atoms with Crippen LogP contribution in [-0.2, 0) is 6.54 Å². The average molecular weight is 287 g/mol. The van der Waals surface area contributed by atoms with Crippen molar-refractivity contribution < 1.29 is 14.8 Å². The third kappa shape index (κ3) is 3.93. The molecule has 0 aromatic heterocycles. The molecule has 0 saturated carbocycles. The van der Waals surface area contributed by atoms with Crippen LogP contribution in [0.4, 0.5) is 16.2 Å². The van der Waals surface area contributed by atoms with Crippen LogP contribution in [0.15, 0.2) is 48.5 Å². The van der Waals surface area contributed by atoms with E-state index in [0.717, 1.165) is 17.7 Å². The first-order valence-electron chi connectivity index (χ1n) is 6.12. The molecular formula is C14H13N3O4. The first-order valence-corrected chi connectivity index (χ1v) is 6.12. The summed E-state index contributed by atoms with van der Waals surface area (Å²) in [5, 5.41) is 25.1. The van der Waals surface area contributed by atoms with Gasteiger partial charge in [0.2, 0.25) is 0 Å². The number of carbonyl (C=O) groups is 1. The molecule has 0 aliphatic heterocycles. The second-order valence-electron chi connectivity index (χ2n) is 4.25. The fraction of sp³-hybridized carbons (Fsp3) is 0.0714. The number of aromatic hydroxyl groups is 1. The number of rotatable bonds is 4. The van der Waals surface area contributed by atoms with Crippen LogP contribution < -0.4 is 10.6 Å². The van der Waals surface area contributed by atoms with Crippen LogP contribution in [0.2, 0.25) is 0 Å². The highest BCUT2D eigenvalue weighted by molar-refractivity contribution is 5.89. The maximum atomic E-state index is 11.7. The monoisotopic (exact) mass is 287 g/mol. The molecule has 21 heavy (non-hydrogen) atoms. The van der Waals surface area contributed by atoms with E-state index in [2.05, 4.69) is 10.6 Å². The Morgan fingerprint density at radius 2 is 1.90 bits per heavy atom. The SMILES string of the molecule is O=C(NCc1ccccc1)Nc1ccc(O)c([N+](=O)[O-])c1. The lowest BCUT2D eigenvalue weighted by Gasteiger charge is -2.08. The normalized spacial score (nSPS) is 9.90. The number of anilines is 1. The molecule has 0 heterocycles. The van der Waals surface area contributed by atoms with Gasteiger partial charge in [0.15, 0.2) is 5.75 Å². The van der Waals surface area contributed by atoms with Gasteiger partial charge in [0.25, 0.3) is 0 Å². The first-order chi connectivity index (χ1) is 10.1. The number of amides is 2. The molecular weight excluding hydrogens is 274 g/mol. The molecule has 3 N–H and O–H groups in total. The first kappa shape index (κ1) is 14.3. The van der Waals surface area contributed by atoms with E-state index in [4.69, 9.17) is 0 Å². The van der Waals surface area contributed by atoms with Crippen molar-refractivity contribution in [2.45, 2.75) is 6.54 Å². The number of urea groups is 1. The van der Waals surface area contributed by atoms with E-state index in [9.17, 15) is 20.0 Å². The van der Waals surface area contributed by atoms with Crippen molar-refractivity contribution in [1.29, 1.82) is 0 Å². The summed E-state index contributed by atoms with van der Waals surface area (Å²) in [6, 6.07) is 12.5. The zero-order valence-electron chi connectivity index (χ0n) is 10.9. The van der Waals surface area contributed by atoms with Gasteiger partial charge in [-0.3, -0.25) is 10.1 Å². The maximum absolute atomic E-state index is 11.7. The number of nitro groups is 1. The topological polar surface area (TPSA) is 104 Å². The van der Waals surface area contributed by atoms with Gasteiger partial charge in [0.1, 0.15) is 0 Å². The van der Waals surface area contributed by atoms with E-state index in [0.29, 0.717) is 6.54 Å². The fourth-order valence-corrected chi connectivity index (χ4v) is 1.70. The van der Waals surface area contributed by atoms with E-state index < -0.39 is 22.4 Å². The number of nitrogens with one attached hydrogen (secondary N) is 2. The van der Waals surface area contributed by atoms with Crippen molar-refractivity contribution in [2.24, 2.45) is 0 Å². The van der Waals surface area contributed by atoms with Gasteiger partial charge in [0, 0.05) is 18.3 Å². The Balaban J connectivity index is 1.97. The molecule has 2 aromatic carbocycles. The van der Waals surface area contributed by atoms with Gasteiger partial charge in [-0.15, -0.1) is 0 Å². The van der Waals surface area contributed by atoms with Crippen molar-refractivity contribution in [3.8, 4) is 5.75 Å². The number of phenolic OH excluding ortho intramolecular Hbond substituents is 1. The zero-order chi connectivity index (χ0) is 15.2. The van der Waals surface area contributed by atoms with Crippen molar-refractivity contribution in [2.75, 3.05) is 5.32 Å². The van der Waals surface area contributed by atoms with E-state index in [1.807, 2.05) is 30.3 Å². The molecule has 0 spiro atoms. The molecule has 2 rings (SSSR count). The van der Waals surface area contributed by atoms with Gasteiger partial charge >= 0.3 is 11.7 Å². The molecule has 0 aliphatic rings. The molecule has 0 radical (unpaired) electrons. The summed E-state index contributed by atoms with van der Waals surface area (Å²) in [5.41, 5.74) is 0.699. The Labute approximate surface area is 120 Å². The van der Waals surface area contributed by atoms with Gasteiger partial charge in [-0.1, -0.05) is 30.3 Å². The van der Waals surface area contributed by atoms with Gasteiger partial charge in [-0.25, -0.2) is 4.79 Å². The van der Waals surface area contributed by atoms with Crippen molar-refractivity contribution in [3.05, 3.63) is 64.2 Å². The Bertz CT molecular complexity index is 659. The van der Waals surface area contributed by atoms with Crippen LogP contribution in [0.5, 0.6) is 5.75 Å². The third-order valence-corrected chi connectivity index (χ3v) is 2.73. The fourth-order valence-electron chi connectivity index (χ4n) is 1.70. The number of carbonyl (C=O) groups excluding carboxylic acids is 1. The molecule has 2 amide bonds. The Kier molecular flexibility index (Phi) is 4.35. The summed E-state index contributed by atoms with van der Waals surface area (Å²) in [6.45, 7) is 0.340. The van der Waals surface area contributed by atoms with E-state index in [1.54, 1.807) is 0 Å². The minimum absolute atomic E-state index is 0.227.